The number of fused-ring (bicyclic) bond motifs is 1. The van der Waals surface area contributed by atoms with Gasteiger partial charge in [-0.3, -0.25) is 0 Å². The number of hydrogen-bond acceptors (Lipinski definition) is 3. The molecule has 60 valence electrons. The van der Waals surface area contributed by atoms with E-state index in [4.69, 9.17) is 5.26 Å². The summed E-state index contributed by atoms with van der Waals surface area (Å²) in [7, 11) is 2.16. The van der Waals surface area contributed by atoms with Crippen LogP contribution in [0, 0.1) is 23.3 Å². The van der Waals surface area contributed by atoms with E-state index in [1.165, 1.54) is 13.1 Å². The van der Waals surface area contributed by atoms with Crippen LogP contribution >= 0.6 is 0 Å². The van der Waals surface area contributed by atoms with Crippen molar-refractivity contribution in [3.8, 4) is 6.19 Å². The van der Waals surface area contributed by atoms with E-state index in [1.807, 2.05) is 4.90 Å². The molecule has 0 amide bonds. The molecule has 2 atom stereocenters. The Morgan fingerprint density at radius 2 is 1.73 bits per heavy atom. The maximum absolute atomic E-state index is 8.65. The first-order chi connectivity index (χ1) is 5.29. The van der Waals surface area contributed by atoms with Crippen molar-refractivity contribution >= 4 is 0 Å². The van der Waals surface area contributed by atoms with E-state index in [2.05, 4.69) is 18.1 Å². The van der Waals surface area contributed by atoms with Crippen molar-refractivity contribution in [3.63, 3.8) is 0 Å². The lowest BCUT2D eigenvalue weighted by Crippen LogP contribution is -2.23. The standard InChI is InChI=1S/C8H13N3/c1-10-2-7-4-11(6-9)5-8(7)3-10/h7-8H,2-5H2,1H3/t7-,8+. The Morgan fingerprint density at radius 1 is 1.18 bits per heavy atom. The summed E-state index contributed by atoms with van der Waals surface area (Å²) in [4.78, 5) is 4.26. The lowest BCUT2D eigenvalue weighted by molar-refractivity contribution is 0.340. The van der Waals surface area contributed by atoms with Gasteiger partial charge in [-0.05, 0) is 18.9 Å². The Bertz CT molecular complexity index is 182. The maximum atomic E-state index is 8.65. The van der Waals surface area contributed by atoms with Gasteiger partial charge in [0.15, 0.2) is 6.19 Å². The van der Waals surface area contributed by atoms with E-state index < -0.39 is 0 Å². The van der Waals surface area contributed by atoms with Gasteiger partial charge in [0, 0.05) is 26.2 Å². The second-order valence-electron chi connectivity index (χ2n) is 3.75. The molecule has 2 aliphatic heterocycles. The summed E-state index contributed by atoms with van der Waals surface area (Å²) in [6.07, 6.45) is 2.22. The minimum atomic E-state index is 0.764. The zero-order valence-corrected chi connectivity index (χ0v) is 6.82. The smallest absolute Gasteiger partial charge is 0.179 e. The lowest BCUT2D eigenvalue weighted by atomic mass is 10.0. The molecule has 0 aromatic heterocycles. The van der Waals surface area contributed by atoms with Crippen molar-refractivity contribution in [1.82, 2.24) is 9.80 Å². The molecule has 2 saturated heterocycles. The van der Waals surface area contributed by atoms with Gasteiger partial charge in [0.05, 0.1) is 0 Å². The highest BCUT2D eigenvalue weighted by Crippen LogP contribution is 2.29. The molecule has 0 unspecified atom stereocenters. The van der Waals surface area contributed by atoms with E-state index in [0.29, 0.717) is 0 Å². The molecular weight excluding hydrogens is 138 g/mol. The predicted molar refractivity (Wildman–Crippen MR) is 41.7 cm³/mol. The topological polar surface area (TPSA) is 30.3 Å². The first-order valence-corrected chi connectivity index (χ1v) is 4.13. The fourth-order valence-corrected chi connectivity index (χ4v) is 2.31. The third-order valence-corrected chi connectivity index (χ3v) is 2.81. The van der Waals surface area contributed by atoms with Gasteiger partial charge in [0.25, 0.3) is 0 Å². The van der Waals surface area contributed by atoms with Gasteiger partial charge in [-0.2, -0.15) is 5.26 Å². The molecule has 11 heavy (non-hydrogen) atoms. The van der Waals surface area contributed by atoms with Crippen molar-refractivity contribution in [2.24, 2.45) is 11.8 Å². The van der Waals surface area contributed by atoms with Crippen molar-refractivity contribution in [2.45, 2.75) is 0 Å². The Kier molecular flexibility index (Phi) is 1.50. The molecule has 3 heteroatoms. The molecule has 0 spiro atoms. The molecule has 0 bridgehead atoms. The summed E-state index contributed by atoms with van der Waals surface area (Å²) in [6.45, 7) is 4.35. The maximum Gasteiger partial charge on any atom is 0.179 e. The van der Waals surface area contributed by atoms with Crippen LogP contribution in [-0.2, 0) is 0 Å². The number of hydrogen-bond donors (Lipinski definition) is 0. The van der Waals surface area contributed by atoms with Crippen LogP contribution in [0.2, 0.25) is 0 Å². The van der Waals surface area contributed by atoms with E-state index >= 15 is 0 Å². The molecule has 0 aromatic carbocycles. The van der Waals surface area contributed by atoms with E-state index in [9.17, 15) is 0 Å². The summed E-state index contributed by atoms with van der Waals surface area (Å²) < 4.78 is 0. The fraction of sp³-hybridized carbons (Fsp3) is 0.875. The molecule has 2 aliphatic rings. The van der Waals surface area contributed by atoms with Crippen LogP contribution in [0.15, 0.2) is 0 Å². The number of rotatable bonds is 0. The van der Waals surface area contributed by atoms with Gasteiger partial charge in [-0.25, -0.2) is 0 Å². The molecule has 0 aromatic rings. The van der Waals surface area contributed by atoms with Crippen LogP contribution in [0.4, 0.5) is 0 Å². The van der Waals surface area contributed by atoms with Crippen LogP contribution in [0.5, 0.6) is 0 Å². The van der Waals surface area contributed by atoms with Crippen molar-refractivity contribution in [3.05, 3.63) is 0 Å². The van der Waals surface area contributed by atoms with Crippen molar-refractivity contribution in [1.29, 1.82) is 5.26 Å². The van der Waals surface area contributed by atoms with Gasteiger partial charge in [-0.1, -0.05) is 0 Å². The molecule has 2 rings (SSSR count). The van der Waals surface area contributed by atoms with E-state index in [-0.39, 0.29) is 0 Å². The number of likely N-dealkylation sites (tertiary alicyclic amines) is 2. The largest absolute Gasteiger partial charge is 0.310 e. The van der Waals surface area contributed by atoms with Gasteiger partial charge in [0.2, 0.25) is 0 Å². The van der Waals surface area contributed by atoms with Gasteiger partial charge in [0.1, 0.15) is 0 Å². The SMILES string of the molecule is CN1C[C@@H]2CN(C#N)C[C@@H]2C1. The van der Waals surface area contributed by atoms with Crippen LogP contribution in [0.25, 0.3) is 0 Å². The summed E-state index contributed by atoms with van der Waals surface area (Å²) in [5.41, 5.74) is 0. The molecule has 2 fully saturated rings. The zero-order chi connectivity index (χ0) is 7.84. The Labute approximate surface area is 67.2 Å². The minimum Gasteiger partial charge on any atom is -0.310 e. The number of nitrogens with zero attached hydrogens (tertiary/aromatic N) is 3. The average molecular weight is 151 g/mol. The summed E-state index contributed by atoms with van der Waals surface area (Å²) >= 11 is 0. The van der Waals surface area contributed by atoms with E-state index in [0.717, 1.165) is 24.9 Å². The predicted octanol–water partition coefficient (Wildman–Crippen LogP) is -0.0391. The molecule has 3 nitrogen and oxygen atoms in total. The van der Waals surface area contributed by atoms with Gasteiger partial charge in [-0.15, -0.1) is 0 Å². The second kappa shape index (κ2) is 2.38. The highest BCUT2D eigenvalue weighted by atomic mass is 15.2. The van der Waals surface area contributed by atoms with E-state index in [1.54, 1.807) is 0 Å². The molecule has 0 N–H and O–H groups in total. The van der Waals surface area contributed by atoms with Gasteiger partial charge < -0.3 is 9.80 Å². The van der Waals surface area contributed by atoms with Gasteiger partial charge >= 0.3 is 0 Å². The average Bonchev–Trinajstić information content (AvgIpc) is 2.43. The lowest BCUT2D eigenvalue weighted by Gasteiger charge is -2.12. The monoisotopic (exact) mass is 151 g/mol. The second-order valence-corrected chi connectivity index (χ2v) is 3.75. The quantitative estimate of drug-likeness (QED) is 0.455. The van der Waals surface area contributed by atoms with Crippen LogP contribution in [0.3, 0.4) is 0 Å². The Balaban J connectivity index is 2.00. The molecule has 0 radical (unpaired) electrons. The normalized spacial score (nSPS) is 37.3. The molecule has 2 heterocycles. The summed E-state index contributed by atoms with van der Waals surface area (Å²) in [6, 6.07) is 0. The Morgan fingerprint density at radius 3 is 2.18 bits per heavy atom. The van der Waals surface area contributed by atoms with Crippen LogP contribution in [-0.4, -0.2) is 43.0 Å². The molecule has 0 saturated carbocycles. The summed E-state index contributed by atoms with van der Waals surface area (Å²) in [5.74, 6) is 1.53. The molecule has 0 aliphatic carbocycles. The summed E-state index contributed by atoms with van der Waals surface area (Å²) in [5, 5.41) is 8.65. The fourth-order valence-electron chi connectivity index (χ4n) is 2.31. The minimum absolute atomic E-state index is 0.764. The van der Waals surface area contributed by atoms with Crippen LogP contribution in [0.1, 0.15) is 0 Å². The first kappa shape index (κ1) is 6.93. The van der Waals surface area contributed by atoms with Crippen molar-refractivity contribution in [2.75, 3.05) is 33.2 Å². The highest BCUT2D eigenvalue weighted by molar-refractivity contribution is 4.95. The van der Waals surface area contributed by atoms with Crippen LogP contribution < -0.4 is 0 Å². The van der Waals surface area contributed by atoms with Crippen molar-refractivity contribution < 1.29 is 0 Å². The highest BCUT2D eigenvalue weighted by Gasteiger charge is 2.38. The third-order valence-electron chi connectivity index (χ3n) is 2.81. The zero-order valence-electron chi connectivity index (χ0n) is 6.82. The Hall–Kier alpha value is -0.750. The number of nitriles is 1. The third kappa shape index (κ3) is 1.08. The molecular formula is C8H13N3. The first-order valence-electron chi connectivity index (χ1n) is 4.13.